The molecule has 0 saturated heterocycles. The van der Waals surface area contributed by atoms with Crippen molar-refractivity contribution in [3.05, 3.63) is 56.5 Å². The van der Waals surface area contributed by atoms with Gasteiger partial charge in [-0.1, -0.05) is 22.0 Å². The van der Waals surface area contributed by atoms with Crippen LogP contribution in [-0.4, -0.2) is 12.9 Å². The molecule has 0 atom stereocenters. The molecule has 2 N–H and O–H groups in total. The van der Waals surface area contributed by atoms with Crippen molar-refractivity contribution in [2.45, 2.75) is 6.42 Å². The Balaban J connectivity index is 2.23. The summed E-state index contributed by atoms with van der Waals surface area (Å²) in [6, 6.07) is 10.8. The van der Waals surface area contributed by atoms with Gasteiger partial charge in [0.1, 0.15) is 5.75 Å². The van der Waals surface area contributed by atoms with Gasteiger partial charge in [-0.2, -0.15) is 0 Å². The van der Waals surface area contributed by atoms with Gasteiger partial charge in [-0.15, -0.1) is 0 Å². The lowest BCUT2D eigenvalue weighted by Crippen LogP contribution is -2.05. The van der Waals surface area contributed by atoms with E-state index in [1.54, 1.807) is 25.3 Å². The third-order valence-corrected chi connectivity index (χ3v) is 4.18. The Labute approximate surface area is 134 Å². The zero-order valence-corrected chi connectivity index (χ0v) is 14.0. The van der Waals surface area contributed by atoms with Crippen molar-refractivity contribution in [1.29, 1.82) is 0 Å². The number of rotatable bonds is 4. The summed E-state index contributed by atoms with van der Waals surface area (Å²) >= 11 is 6.79. The number of halogens is 2. The molecule has 20 heavy (non-hydrogen) atoms. The van der Waals surface area contributed by atoms with Crippen molar-refractivity contribution in [2.75, 3.05) is 12.8 Å². The second-order valence-electron chi connectivity index (χ2n) is 4.31. The molecule has 0 aliphatic heterocycles. The Morgan fingerprint density at radius 3 is 2.55 bits per heavy atom. The van der Waals surface area contributed by atoms with E-state index >= 15 is 0 Å². The smallest absolute Gasteiger partial charge is 0.168 e. The first kappa shape index (κ1) is 15.1. The van der Waals surface area contributed by atoms with Crippen molar-refractivity contribution in [3.8, 4) is 5.75 Å². The normalized spacial score (nSPS) is 10.3. The molecule has 0 heterocycles. The van der Waals surface area contributed by atoms with Crippen LogP contribution in [-0.2, 0) is 6.42 Å². The largest absolute Gasteiger partial charge is 0.496 e. The van der Waals surface area contributed by atoms with Gasteiger partial charge in [0.15, 0.2) is 5.78 Å². The second kappa shape index (κ2) is 6.41. The molecule has 2 rings (SSSR count). The number of carbonyl (C=O) groups is 1. The molecular weight excluding hydrogens is 386 g/mol. The molecule has 0 saturated carbocycles. The number of nitrogens with two attached hydrogens (primary N) is 1. The molecule has 0 fully saturated rings. The third-order valence-electron chi connectivity index (χ3n) is 2.87. The average Bonchev–Trinajstić information content (AvgIpc) is 2.41. The van der Waals surface area contributed by atoms with Crippen LogP contribution >= 0.6 is 31.9 Å². The first-order valence-corrected chi connectivity index (χ1v) is 7.50. The standard InChI is InChI=1S/C15H13Br2NO2/c1-20-15-5-2-9(6-13(15)17)7-14(19)11-8-10(18)3-4-12(11)16/h2-6,8H,7,18H2,1H3. The number of ether oxygens (including phenoxy) is 1. The molecule has 0 spiro atoms. The quantitative estimate of drug-likeness (QED) is 0.619. The van der Waals surface area contributed by atoms with Gasteiger partial charge in [0.25, 0.3) is 0 Å². The molecule has 0 aliphatic rings. The van der Waals surface area contributed by atoms with Gasteiger partial charge >= 0.3 is 0 Å². The van der Waals surface area contributed by atoms with Crippen LogP contribution in [0.25, 0.3) is 0 Å². The molecule has 2 aromatic rings. The molecule has 104 valence electrons. The number of benzene rings is 2. The van der Waals surface area contributed by atoms with Gasteiger partial charge in [0.05, 0.1) is 11.6 Å². The van der Waals surface area contributed by atoms with Gasteiger partial charge in [-0.25, -0.2) is 0 Å². The van der Waals surface area contributed by atoms with Crippen LogP contribution in [0.3, 0.4) is 0 Å². The molecular formula is C15H13Br2NO2. The maximum Gasteiger partial charge on any atom is 0.168 e. The maximum atomic E-state index is 12.3. The van der Waals surface area contributed by atoms with Gasteiger partial charge in [0.2, 0.25) is 0 Å². The number of carbonyl (C=O) groups excluding carboxylic acids is 1. The monoisotopic (exact) mass is 397 g/mol. The van der Waals surface area contributed by atoms with Crippen LogP contribution in [0.2, 0.25) is 0 Å². The van der Waals surface area contributed by atoms with Crippen molar-refractivity contribution < 1.29 is 9.53 Å². The first-order valence-electron chi connectivity index (χ1n) is 5.92. The summed E-state index contributed by atoms with van der Waals surface area (Å²) in [5.41, 5.74) is 7.81. The van der Waals surface area contributed by atoms with E-state index in [2.05, 4.69) is 31.9 Å². The predicted molar refractivity (Wildman–Crippen MR) is 87.3 cm³/mol. The lowest BCUT2D eigenvalue weighted by Gasteiger charge is -2.08. The van der Waals surface area contributed by atoms with Gasteiger partial charge in [-0.05, 0) is 51.8 Å². The molecule has 0 aromatic heterocycles. The van der Waals surface area contributed by atoms with E-state index in [0.29, 0.717) is 17.7 Å². The summed E-state index contributed by atoms with van der Waals surface area (Å²) in [4.78, 5) is 12.3. The number of hydrogen-bond acceptors (Lipinski definition) is 3. The van der Waals surface area contributed by atoms with Gasteiger partial charge in [0, 0.05) is 22.1 Å². The summed E-state index contributed by atoms with van der Waals surface area (Å²) < 4.78 is 6.75. The molecule has 3 nitrogen and oxygen atoms in total. The van der Waals surface area contributed by atoms with Crippen LogP contribution in [0.1, 0.15) is 15.9 Å². The van der Waals surface area contributed by atoms with Crippen molar-refractivity contribution in [2.24, 2.45) is 0 Å². The fraction of sp³-hybridized carbons (Fsp3) is 0.133. The summed E-state index contributed by atoms with van der Waals surface area (Å²) in [7, 11) is 1.61. The minimum Gasteiger partial charge on any atom is -0.496 e. The molecule has 0 aliphatic carbocycles. The molecule has 0 radical (unpaired) electrons. The first-order chi connectivity index (χ1) is 9.51. The third kappa shape index (κ3) is 3.41. The van der Waals surface area contributed by atoms with E-state index in [9.17, 15) is 4.79 Å². The van der Waals surface area contributed by atoms with E-state index in [0.717, 1.165) is 20.3 Å². The fourth-order valence-electron chi connectivity index (χ4n) is 1.86. The summed E-state index contributed by atoms with van der Waals surface area (Å²) in [5.74, 6) is 0.757. The Hall–Kier alpha value is -1.33. The average molecular weight is 399 g/mol. The molecule has 5 heteroatoms. The summed E-state index contributed by atoms with van der Waals surface area (Å²) in [6.45, 7) is 0. The molecule has 0 amide bonds. The van der Waals surface area contributed by atoms with Crippen LogP contribution in [0.15, 0.2) is 45.3 Å². The maximum absolute atomic E-state index is 12.3. The Bertz CT molecular complexity index is 656. The Morgan fingerprint density at radius 1 is 1.15 bits per heavy atom. The number of methoxy groups -OCH3 is 1. The zero-order valence-electron chi connectivity index (χ0n) is 10.8. The van der Waals surface area contributed by atoms with Crippen molar-refractivity contribution in [3.63, 3.8) is 0 Å². The molecule has 0 unspecified atom stereocenters. The zero-order chi connectivity index (χ0) is 14.7. The number of Topliss-reactive ketones (excluding diaryl/α,β-unsaturated/α-hetero) is 1. The van der Waals surface area contributed by atoms with Crippen molar-refractivity contribution in [1.82, 2.24) is 0 Å². The van der Waals surface area contributed by atoms with E-state index in [4.69, 9.17) is 10.5 Å². The summed E-state index contributed by atoms with van der Waals surface area (Å²) in [6.07, 6.45) is 0.310. The Morgan fingerprint density at radius 2 is 1.90 bits per heavy atom. The highest BCUT2D eigenvalue weighted by Crippen LogP contribution is 2.27. The fourth-order valence-corrected chi connectivity index (χ4v) is 2.91. The lowest BCUT2D eigenvalue weighted by atomic mass is 10.0. The van der Waals surface area contributed by atoms with E-state index in [-0.39, 0.29) is 5.78 Å². The lowest BCUT2D eigenvalue weighted by molar-refractivity contribution is 0.0992. The minimum atomic E-state index is 0.0150. The Kier molecular flexibility index (Phi) is 4.83. The minimum absolute atomic E-state index is 0.0150. The highest BCUT2D eigenvalue weighted by atomic mass is 79.9. The summed E-state index contributed by atoms with van der Waals surface area (Å²) in [5, 5.41) is 0. The van der Waals surface area contributed by atoms with Crippen LogP contribution in [0, 0.1) is 0 Å². The van der Waals surface area contributed by atoms with Crippen LogP contribution < -0.4 is 10.5 Å². The van der Waals surface area contributed by atoms with E-state index in [1.165, 1.54) is 0 Å². The van der Waals surface area contributed by atoms with E-state index < -0.39 is 0 Å². The highest BCUT2D eigenvalue weighted by molar-refractivity contribution is 9.10. The number of hydrogen-bond donors (Lipinski definition) is 1. The molecule has 2 aromatic carbocycles. The van der Waals surface area contributed by atoms with Crippen LogP contribution in [0.5, 0.6) is 5.75 Å². The highest BCUT2D eigenvalue weighted by Gasteiger charge is 2.12. The van der Waals surface area contributed by atoms with Gasteiger partial charge in [-0.3, -0.25) is 4.79 Å². The number of nitrogen functional groups attached to an aromatic ring is 1. The number of ketones is 1. The van der Waals surface area contributed by atoms with Gasteiger partial charge < -0.3 is 10.5 Å². The SMILES string of the molecule is COc1ccc(CC(=O)c2cc(N)ccc2Br)cc1Br. The molecule has 0 bridgehead atoms. The topological polar surface area (TPSA) is 52.3 Å². The van der Waals surface area contributed by atoms with E-state index in [1.807, 2.05) is 18.2 Å². The number of anilines is 1. The van der Waals surface area contributed by atoms with Crippen LogP contribution in [0.4, 0.5) is 5.69 Å². The predicted octanol–water partition coefficient (Wildman–Crippen LogP) is 4.23. The van der Waals surface area contributed by atoms with Crippen molar-refractivity contribution >= 4 is 43.3 Å². The second-order valence-corrected chi connectivity index (χ2v) is 6.02.